The number of hydrogen-bond donors (Lipinski definition) is 2. The molecule has 1 amide bonds. The van der Waals surface area contributed by atoms with E-state index in [0.717, 1.165) is 28.8 Å². The highest BCUT2D eigenvalue weighted by molar-refractivity contribution is 7.99. The summed E-state index contributed by atoms with van der Waals surface area (Å²) in [7, 11) is 0. The standard InChI is InChI=1S/C28H26N4O2S/c1-18-11-12-19(2)25(15-18)32-27(34)22-8-4-6-10-24(22)31-28(32)35-17-26(33)29-14-13-20-16-30-23-9-5-3-7-21(20)23/h3-12,15-16,30H,13-14,17H2,1-2H3,(H,29,33). The molecule has 7 heteroatoms. The van der Waals surface area contributed by atoms with Crippen LogP contribution in [0.25, 0.3) is 27.5 Å². The van der Waals surface area contributed by atoms with Crippen LogP contribution >= 0.6 is 11.8 Å². The Morgan fingerprint density at radius 2 is 1.80 bits per heavy atom. The van der Waals surface area contributed by atoms with Gasteiger partial charge >= 0.3 is 0 Å². The molecule has 0 fully saturated rings. The first-order valence-electron chi connectivity index (χ1n) is 11.5. The van der Waals surface area contributed by atoms with Crippen molar-refractivity contribution < 1.29 is 4.79 Å². The zero-order valence-corrected chi connectivity index (χ0v) is 20.5. The molecule has 0 radical (unpaired) electrons. The number of nitrogens with one attached hydrogen (secondary N) is 2. The van der Waals surface area contributed by atoms with Crippen molar-refractivity contribution in [2.45, 2.75) is 25.4 Å². The maximum absolute atomic E-state index is 13.5. The lowest BCUT2D eigenvalue weighted by Gasteiger charge is -2.15. The van der Waals surface area contributed by atoms with E-state index in [9.17, 15) is 9.59 Å². The van der Waals surface area contributed by atoms with Gasteiger partial charge in [-0.15, -0.1) is 0 Å². The number of amides is 1. The molecule has 0 bridgehead atoms. The summed E-state index contributed by atoms with van der Waals surface area (Å²) >= 11 is 1.28. The number of H-pyrrole nitrogens is 1. The Kier molecular flexibility index (Phi) is 6.42. The van der Waals surface area contributed by atoms with Crippen LogP contribution in [-0.2, 0) is 11.2 Å². The van der Waals surface area contributed by atoms with Gasteiger partial charge in [0.25, 0.3) is 5.56 Å². The lowest BCUT2D eigenvalue weighted by atomic mass is 10.1. The third-order valence-corrected chi connectivity index (χ3v) is 7.01. The third kappa shape index (κ3) is 4.72. The van der Waals surface area contributed by atoms with Gasteiger partial charge in [-0.3, -0.25) is 14.2 Å². The van der Waals surface area contributed by atoms with Gasteiger partial charge in [0.1, 0.15) is 0 Å². The highest BCUT2D eigenvalue weighted by Gasteiger charge is 2.16. The zero-order chi connectivity index (χ0) is 24.4. The van der Waals surface area contributed by atoms with E-state index in [1.54, 1.807) is 10.6 Å². The van der Waals surface area contributed by atoms with Crippen molar-refractivity contribution in [3.05, 3.63) is 100.0 Å². The molecular weight excluding hydrogens is 456 g/mol. The molecule has 176 valence electrons. The molecule has 0 saturated heterocycles. The Balaban J connectivity index is 1.35. The van der Waals surface area contributed by atoms with Gasteiger partial charge in [-0.05, 0) is 61.2 Å². The fraction of sp³-hybridized carbons (Fsp3) is 0.179. The Bertz CT molecular complexity index is 1600. The molecule has 5 rings (SSSR count). The molecule has 3 aromatic carbocycles. The average molecular weight is 483 g/mol. The Hall–Kier alpha value is -3.84. The normalized spacial score (nSPS) is 11.3. The van der Waals surface area contributed by atoms with Crippen LogP contribution in [0, 0.1) is 13.8 Å². The minimum absolute atomic E-state index is 0.0928. The number of aromatic nitrogens is 3. The van der Waals surface area contributed by atoms with Crippen LogP contribution in [0.1, 0.15) is 16.7 Å². The van der Waals surface area contributed by atoms with E-state index in [4.69, 9.17) is 4.98 Å². The van der Waals surface area contributed by atoms with Gasteiger partial charge in [0.2, 0.25) is 5.91 Å². The van der Waals surface area contributed by atoms with E-state index in [-0.39, 0.29) is 17.2 Å². The first-order chi connectivity index (χ1) is 17.0. The van der Waals surface area contributed by atoms with Crippen LogP contribution < -0.4 is 10.9 Å². The number of aryl methyl sites for hydroxylation is 2. The van der Waals surface area contributed by atoms with E-state index >= 15 is 0 Å². The van der Waals surface area contributed by atoms with Gasteiger partial charge in [0.15, 0.2) is 5.16 Å². The number of rotatable bonds is 7. The number of para-hydroxylation sites is 2. The van der Waals surface area contributed by atoms with Crippen molar-refractivity contribution in [2.75, 3.05) is 12.3 Å². The van der Waals surface area contributed by atoms with E-state index in [2.05, 4.69) is 16.4 Å². The van der Waals surface area contributed by atoms with E-state index < -0.39 is 0 Å². The number of nitrogens with zero attached hydrogens (tertiary/aromatic N) is 2. The summed E-state index contributed by atoms with van der Waals surface area (Å²) in [5, 5.41) is 5.24. The van der Waals surface area contributed by atoms with Crippen molar-refractivity contribution in [3.8, 4) is 5.69 Å². The lowest BCUT2D eigenvalue weighted by molar-refractivity contribution is -0.118. The highest BCUT2D eigenvalue weighted by atomic mass is 32.2. The van der Waals surface area contributed by atoms with Crippen LogP contribution in [0.2, 0.25) is 0 Å². The second kappa shape index (κ2) is 9.80. The molecule has 0 atom stereocenters. The van der Waals surface area contributed by atoms with Crippen molar-refractivity contribution >= 4 is 39.5 Å². The summed E-state index contributed by atoms with van der Waals surface area (Å²) in [6.45, 7) is 4.51. The molecule has 35 heavy (non-hydrogen) atoms. The zero-order valence-electron chi connectivity index (χ0n) is 19.7. The molecule has 0 unspecified atom stereocenters. The predicted molar refractivity (Wildman–Crippen MR) is 143 cm³/mol. The Morgan fingerprint density at radius 1 is 1.03 bits per heavy atom. The summed E-state index contributed by atoms with van der Waals surface area (Å²) < 4.78 is 1.63. The molecule has 0 aliphatic heterocycles. The molecule has 2 heterocycles. The number of fused-ring (bicyclic) bond motifs is 2. The summed E-state index contributed by atoms with van der Waals surface area (Å²) in [6, 6.07) is 21.5. The van der Waals surface area contributed by atoms with Crippen molar-refractivity contribution in [3.63, 3.8) is 0 Å². The van der Waals surface area contributed by atoms with Gasteiger partial charge < -0.3 is 10.3 Å². The Labute approximate surface area is 207 Å². The lowest BCUT2D eigenvalue weighted by Crippen LogP contribution is -2.28. The summed E-state index contributed by atoms with van der Waals surface area (Å²) in [5.74, 6) is 0.0774. The maximum Gasteiger partial charge on any atom is 0.266 e. The number of hydrogen-bond acceptors (Lipinski definition) is 4. The first-order valence-corrected chi connectivity index (χ1v) is 12.5. The number of benzene rings is 3. The molecule has 0 aliphatic rings. The minimum atomic E-state index is -0.133. The minimum Gasteiger partial charge on any atom is -0.361 e. The van der Waals surface area contributed by atoms with Gasteiger partial charge in [-0.1, -0.05) is 54.2 Å². The third-order valence-electron chi connectivity index (χ3n) is 6.07. The SMILES string of the molecule is Cc1ccc(C)c(-n2c(SCC(=O)NCCc3c[nH]c4ccccc34)nc3ccccc3c2=O)c1. The van der Waals surface area contributed by atoms with Crippen LogP contribution in [-0.4, -0.2) is 32.7 Å². The van der Waals surface area contributed by atoms with Crippen LogP contribution in [0.5, 0.6) is 0 Å². The van der Waals surface area contributed by atoms with Crippen molar-refractivity contribution in [1.29, 1.82) is 0 Å². The second-order valence-electron chi connectivity index (χ2n) is 8.59. The molecule has 0 spiro atoms. The average Bonchev–Trinajstić information content (AvgIpc) is 3.28. The number of carbonyl (C=O) groups excluding carboxylic acids is 1. The van der Waals surface area contributed by atoms with Crippen LogP contribution in [0.4, 0.5) is 0 Å². The number of aromatic amines is 1. The largest absolute Gasteiger partial charge is 0.361 e. The molecular formula is C28H26N4O2S. The van der Waals surface area contributed by atoms with Gasteiger partial charge in [0.05, 0.1) is 22.3 Å². The van der Waals surface area contributed by atoms with E-state index in [1.807, 2.05) is 74.6 Å². The molecule has 2 aromatic heterocycles. The van der Waals surface area contributed by atoms with Crippen LogP contribution in [0.15, 0.2) is 82.9 Å². The fourth-order valence-corrected chi connectivity index (χ4v) is 5.07. The molecule has 0 saturated carbocycles. The van der Waals surface area contributed by atoms with E-state index in [1.165, 1.54) is 22.7 Å². The van der Waals surface area contributed by atoms with Crippen molar-refractivity contribution in [2.24, 2.45) is 0 Å². The van der Waals surface area contributed by atoms with Gasteiger partial charge in [-0.2, -0.15) is 0 Å². The highest BCUT2D eigenvalue weighted by Crippen LogP contribution is 2.24. The smallest absolute Gasteiger partial charge is 0.266 e. The maximum atomic E-state index is 13.5. The fourth-order valence-electron chi connectivity index (χ4n) is 4.24. The van der Waals surface area contributed by atoms with Gasteiger partial charge in [-0.25, -0.2) is 4.98 Å². The molecule has 6 nitrogen and oxygen atoms in total. The Morgan fingerprint density at radius 3 is 2.66 bits per heavy atom. The van der Waals surface area contributed by atoms with Crippen LogP contribution in [0.3, 0.4) is 0 Å². The van der Waals surface area contributed by atoms with E-state index in [0.29, 0.717) is 22.6 Å². The quantitative estimate of drug-likeness (QED) is 0.255. The molecule has 2 N–H and O–H groups in total. The monoisotopic (exact) mass is 482 g/mol. The topological polar surface area (TPSA) is 79.8 Å². The molecule has 5 aromatic rings. The summed E-state index contributed by atoms with van der Waals surface area (Å²) in [6.07, 6.45) is 2.73. The number of thioether (sulfide) groups is 1. The van der Waals surface area contributed by atoms with Crippen molar-refractivity contribution in [1.82, 2.24) is 19.9 Å². The first kappa shape index (κ1) is 22.9. The van der Waals surface area contributed by atoms with Gasteiger partial charge in [0, 0.05) is 23.6 Å². The predicted octanol–water partition coefficient (Wildman–Crippen LogP) is 4.93. The number of carbonyl (C=O) groups is 1. The summed E-state index contributed by atoms with van der Waals surface area (Å²) in [4.78, 5) is 34.2. The second-order valence-corrected chi connectivity index (χ2v) is 9.53. The summed E-state index contributed by atoms with van der Waals surface area (Å²) in [5.41, 5.74) is 5.57. The molecule has 0 aliphatic carbocycles.